The predicted octanol–water partition coefficient (Wildman–Crippen LogP) is 2.29. The highest BCUT2D eigenvalue weighted by Gasteiger charge is 2.13. The van der Waals surface area contributed by atoms with E-state index in [1.165, 1.54) is 36.4 Å². The second-order valence-corrected chi connectivity index (χ2v) is 6.30. The molecule has 0 unspecified atom stereocenters. The molecule has 0 atom stereocenters. The number of nitrogens with two attached hydrogens (primary N) is 1. The molecule has 0 spiro atoms. The Labute approximate surface area is 130 Å². The summed E-state index contributed by atoms with van der Waals surface area (Å²) < 4.78 is 22.2. The van der Waals surface area contributed by atoms with E-state index in [0.717, 1.165) is 0 Å². The maximum absolute atomic E-state index is 12.0. The first-order chi connectivity index (χ1) is 9.77. The van der Waals surface area contributed by atoms with Crippen LogP contribution in [0.5, 0.6) is 0 Å². The van der Waals surface area contributed by atoms with Gasteiger partial charge in [-0.15, -0.1) is 0 Å². The first-order valence-electron chi connectivity index (χ1n) is 5.53. The minimum absolute atomic E-state index is 0.0267. The summed E-state index contributed by atoms with van der Waals surface area (Å²) in [6.07, 6.45) is 0. The van der Waals surface area contributed by atoms with Gasteiger partial charge in [-0.05, 0) is 36.4 Å². The number of nitrogens with one attached hydrogen (secondary N) is 1. The zero-order chi connectivity index (χ0) is 15.6. The Balaban J connectivity index is 2.20. The van der Waals surface area contributed by atoms with Crippen LogP contribution in [0.15, 0.2) is 41.3 Å². The summed E-state index contributed by atoms with van der Waals surface area (Å²) >= 11 is 11.5. The van der Waals surface area contributed by atoms with Crippen molar-refractivity contribution in [3.8, 4) is 0 Å². The second kappa shape index (κ2) is 5.98. The molecule has 0 radical (unpaired) electrons. The molecule has 1 heterocycles. The van der Waals surface area contributed by atoms with Crippen molar-refractivity contribution in [3.63, 3.8) is 0 Å². The molecule has 2 aromatic rings. The van der Waals surface area contributed by atoms with Gasteiger partial charge < -0.3 is 5.32 Å². The molecular weight excluding hydrogens is 337 g/mol. The molecule has 0 saturated carbocycles. The first-order valence-corrected chi connectivity index (χ1v) is 7.84. The summed E-state index contributed by atoms with van der Waals surface area (Å²) in [6.45, 7) is 0. The van der Waals surface area contributed by atoms with Gasteiger partial charge in [-0.1, -0.05) is 23.2 Å². The Bertz CT molecular complexity index is 792. The molecule has 3 N–H and O–H groups in total. The highest BCUT2D eigenvalue weighted by atomic mass is 35.5. The van der Waals surface area contributed by atoms with Crippen LogP contribution < -0.4 is 10.5 Å². The third-order valence-electron chi connectivity index (χ3n) is 2.50. The largest absolute Gasteiger partial charge is 0.322 e. The molecule has 9 heteroatoms. The molecule has 1 aromatic heterocycles. The van der Waals surface area contributed by atoms with Crippen molar-refractivity contribution in [2.45, 2.75) is 4.90 Å². The van der Waals surface area contributed by atoms with Crippen molar-refractivity contribution in [3.05, 3.63) is 52.3 Å². The van der Waals surface area contributed by atoms with E-state index in [2.05, 4.69) is 10.3 Å². The number of amides is 1. The average molecular weight is 346 g/mol. The Morgan fingerprint density at radius 1 is 1.10 bits per heavy atom. The van der Waals surface area contributed by atoms with Gasteiger partial charge in [-0.3, -0.25) is 4.79 Å². The fraction of sp³-hybridized carbons (Fsp3) is 0. The lowest BCUT2D eigenvalue weighted by Crippen LogP contribution is -2.14. The number of rotatable bonds is 3. The molecule has 1 aromatic carbocycles. The Morgan fingerprint density at radius 3 is 2.24 bits per heavy atom. The Hall–Kier alpha value is -1.67. The maximum Gasteiger partial charge on any atom is 0.258 e. The number of hydrogen-bond donors (Lipinski definition) is 2. The number of carbonyl (C=O) groups is 1. The SMILES string of the molecule is NS(=O)(=O)c1ccc(NC(=O)c2ccc(Cl)nc2Cl)cc1. The minimum atomic E-state index is -3.77. The molecule has 0 aliphatic rings. The fourth-order valence-electron chi connectivity index (χ4n) is 1.51. The van der Waals surface area contributed by atoms with Crippen LogP contribution in [-0.2, 0) is 10.0 Å². The molecule has 0 saturated heterocycles. The number of aromatic nitrogens is 1. The second-order valence-electron chi connectivity index (χ2n) is 4.00. The van der Waals surface area contributed by atoms with Crippen molar-refractivity contribution in [1.29, 1.82) is 0 Å². The van der Waals surface area contributed by atoms with Gasteiger partial charge in [0.2, 0.25) is 10.0 Å². The maximum atomic E-state index is 12.0. The van der Waals surface area contributed by atoms with E-state index >= 15 is 0 Å². The normalized spacial score (nSPS) is 11.2. The van der Waals surface area contributed by atoms with Crippen LogP contribution >= 0.6 is 23.2 Å². The van der Waals surface area contributed by atoms with Crippen LogP contribution in [0.25, 0.3) is 0 Å². The third kappa shape index (κ3) is 3.92. The zero-order valence-corrected chi connectivity index (χ0v) is 12.7. The van der Waals surface area contributed by atoms with Crippen molar-refractivity contribution in [2.24, 2.45) is 5.14 Å². The van der Waals surface area contributed by atoms with Crippen molar-refractivity contribution < 1.29 is 13.2 Å². The number of pyridine rings is 1. The van der Waals surface area contributed by atoms with E-state index in [-0.39, 0.29) is 20.8 Å². The molecule has 0 aliphatic heterocycles. The van der Waals surface area contributed by atoms with E-state index in [1.807, 2.05) is 0 Å². The van der Waals surface area contributed by atoms with E-state index < -0.39 is 15.9 Å². The third-order valence-corrected chi connectivity index (χ3v) is 3.93. The summed E-state index contributed by atoms with van der Waals surface area (Å²) in [5, 5.41) is 7.68. The summed E-state index contributed by atoms with van der Waals surface area (Å²) in [5.74, 6) is -0.493. The van der Waals surface area contributed by atoms with Gasteiger partial charge in [0.05, 0.1) is 10.5 Å². The van der Waals surface area contributed by atoms with Crippen LogP contribution in [0, 0.1) is 0 Å². The monoisotopic (exact) mass is 345 g/mol. The number of primary sulfonamides is 1. The van der Waals surface area contributed by atoms with Crippen LogP contribution in [0.4, 0.5) is 5.69 Å². The van der Waals surface area contributed by atoms with E-state index in [4.69, 9.17) is 28.3 Å². The van der Waals surface area contributed by atoms with Gasteiger partial charge in [0.25, 0.3) is 5.91 Å². The topological polar surface area (TPSA) is 102 Å². The number of halogens is 2. The zero-order valence-electron chi connectivity index (χ0n) is 10.4. The van der Waals surface area contributed by atoms with Gasteiger partial charge in [-0.2, -0.15) is 0 Å². The highest BCUT2D eigenvalue weighted by Crippen LogP contribution is 2.19. The van der Waals surface area contributed by atoms with Crippen molar-refractivity contribution >= 4 is 44.8 Å². The highest BCUT2D eigenvalue weighted by molar-refractivity contribution is 7.89. The molecule has 2 rings (SSSR count). The average Bonchev–Trinajstić information content (AvgIpc) is 2.38. The van der Waals surface area contributed by atoms with Crippen LogP contribution in [0.3, 0.4) is 0 Å². The number of sulfonamides is 1. The van der Waals surface area contributed by atoms with Crippen molar-refractivity contribution in [1.82, 2.24) is 4.98 Å². The summed E-state index contributed by atoms with van der Waals surface area (Å²) in [7, 11) is -3.77. The quantitative estimate of drug-likeness (QED) is 0.833. The van der Waals surface area contributed by atoms with E-state index in [1.54, 1.807) is 0 Å². The molecular formula is C12H9Cl2N3O3S. The number of anilines is 1. The van der Waals surface area contributed by atoms with Gasteiger partial charge in [0.15, 0.2) is 0 Å². The number of nitrogens with zero attached hydrogens (tertiary/aromatic N) is 1. The van der Waals surface area contributed by atoms with E-state index in [0.29, 0.717) is 5.69 Å². The predicted molar refractivity (Wildman–Crippen MR) is 80.0 cm³/mol. The van der Waals surface area contributed by atoms with Crippen molar-refractivity contribution in [2.75, 3.05) is 5.32 Å². The first kappa shape index (κ1) is 15.7. The lowest BCUT2D eigenvalue weighted by atomic mass is 10.2. The fourth-order valence-corrected chi connectivity index (χ4v) is 2.45. The summed E-state index contributed by atoms with van der Waals surface area (Å²) in [4.78, 5) is 15.7. The Morgan fingerprint density at radius 2 is 1.71 bits per heavy atom. The number of hydrogen-bond acceptors (Lipinski definition) is 4. The van der Waals surface area contributed by atoms with Gasteiger partial charge >= 0.3 is 0 Å². The lowest BCUT2D eigenvalue weighted by Gasteiger charge is -2.07. The Kier molecular flexibility index (Phi) is 4.48. The molecule has 0 aliphatic carbocycles. The van der Waals surface area contributed by atoms with Crippen LogP contribution in [0.2, 0.25) is 10.3 Å². The van der Waals surface area contributed by atoms with Crippen LogP contribution in [-0.4, -0.2) is 19.3 Å². The molecule has 0 bridgehead atoms. The molecule has 1 amide bonds. The lowest BCUT2D eigenvalue weighted by molar-refractivity contribution is 0.102. The summed E-state index contributed by atoms with van der Waals surface area (Å²) in [6, 6.07) is 8.27. The number of carbonyl (C=O) groups excluding carboxylic acids is 1. The molecule has 21 heavy (non-hydrogen) atoms. The standard InChI is InChI=1S/C12H9Cl2N3O3S/c13-10-6-5-9(11(14)17-10)12(18)16-7-1-3-8(4-2-7)21(15,19)20/h1-6H,(H,16,18)(H2,15,19,20). The molecule has 0 fully saturated rings. The molecule has 6 nitrogen and oxygen atoms in total. The smallest absolute Gasteiger partial charge is 0.258 e. The van der Waals surface area contributed by atoms with Crippen LogP contribution in [0.1, 0.15) is 10.4 Å². The molecule has 110 valence electrons. The van der Waals surface area contributed by atoms with E-state index in [9.17, 15) is 13.2 Å². The number of benzene rings is 1. The minimum Gasteiger partial charge on any atom is -0.322 e. The van der Waals surface area contributed by atoms with Gasteiger partial charge in [0, 0.05) is 5.69 Å². The van der Waals surface area contributed by atoms with Gasteiger partial charge in [0.1, 0.15) is 10.3 Å². The van der Waals surface area contributed by atoms with Gasteiger partial charge in [-0.25, -0.2) is 18.5 Å². The summed E-state index contributed by atoms with van der Waals surface area (Å²) in [5.41, 5.74) is 0.537.